The highest BCUT2D eigenvalue weighted by atomic mass is 16.5. The van der Waals surface area contributed by atoms with Gasteiger partial charge in [0.15, 0.2) is 0 Å². The van der Waals surface area contributed by atoms with Crippen molar-refractivity contribution in [1.82, 2.24) is 0 Å². The minimum Gasteiger partial charge on any atom is -0.463 e. The summed E-state index contributed by atoms with van der Waals surface area (Å²) < 4.78 is 4.63. The molecule has 0 aliphatic heterocycles. The van der Waals surface area contributed by atoms with E-state index in [-0.39, 0.29) is 5.97 Å². The van der Waals surface area contributed by atoms with Gasteiger partial charge in [0, 0.05) is 6.08 Å². The van der Waals surface area contributed by atoms with Crippen molar-refractivity contribution in [3.05, 3.63) is 24.3 Å². The molecular formula is C8H12O2. The lowest BCUT2D eigenvalue weighted by molar-refractivity contribution is -0.137. The lowest BCUT2D eigenvalue weighted by Gasteiger charge is -1.92. The van der Waals surface area contributed by atoms with Crippen LogP contribution in [0.5, 0.6) is 0 Å². The summed E-state index contributed by atoms with van der Waals surface area (Å²) in [6.07, 6.45) is 6.66. The van der Waals surface area contributed by atoms with E-state index in [4.69, 9.17) is 0 Å². The van der Waals surface area contributed by atoms with Crippen LogP contribution >= 0.6 is 0 Å². The van der Waals surface area contributed by atoms with Gasteiger partial charge < -0.3 is 4.74 Å². The minimum absolute atomic E-state index is 0.291. The monoisotopic (exact) mass is 140 g/mol. The Morgan fingerprint density at radius 2 is 2.20 bits per heavy atom. The Balaban J connectivity index is 3.56. The van der Waals surface area contributed by atoms with Crippen molar-refractivity contribution >= 4 is 5.97 Å². The van der Waals surface area contributed by atoms with Crippen LogP contribution in [0.25, 0.3) is 0 Å². The van der Waals surface area contributed by atoms with E-state index in [9.17, 15) is 4.79 Å². The summed E-state index contributed by atoms with van der Waals surface area (Å²) in [6.45, 7) is 4.09. The van der Waals surface area contributed by atoms with Gasteiger partial charge in [-0.1, -0.05) is 18.2 Å². The number of allylic oxidation sites excluding steroid dienone is 3. The van der Waals surface area contributed by atoms with Gasteiger partial charge in [0.2, 0.25) is 0 Å². The van der Waals surface area contributed by atoms with E-state index in [1.54, 1.807) is 19.1 Å². The maximum Gasteiger partial charge on any atom is 0.330 e. The minimum atomic E-state index is -0.291. The van der Waals surface area contributed by atoms with Crippen molar-refractivity contribution in [2.24, 2.45) is 0 Å². The van der Waals surface area contributed by atoms with E-state index in [1.165, 1.54) is 6.08 Å². The van der Waals surface area contributed by atoms with E-state index < -0.39 is 0 Å². The van der Waals surface area contributed by atoms with Gasteiger partial charge in [0.1, 0.15) is 0 Å². The molecule has 0 spiro atoms. The van der Waals surface area contributed by atoms with Crippen LogP contribution in [-0.2, 0) is 9.53 Å². The number of hydrogen-bond donors (Lipinski definition) is 0. The molecule has 0 saturated carbocycles. The Kier molecular flexibility index (Phi) is 5.44. The SMILES string of the molecule is C/C=C/C=C/C(=O)OCC. The fourth-order valence-electron chi connectivity index (χ4n) is 0.436. The number of ether oxygens (including phenoxy) is 1. The fraction of sp³-hybridized carbons (Fsp3) is 0.375. The highest BCUT2D eigenvalue weighted by Crippen LogP contribution is 1.81. The molecular weight excluding hydrogens is 128 g/mol. The molecule has 0 heterocycles. The predicted molar refractivity (Wildman–Crippen MR) is 40.6 cm³/mol. The smallest absolute Gasteiger partial charge is 0.330 e. The average molecular weight is 140 g/mol. The van der Waals surface area contributed by atoms with Crippen LogP contribution in [-0.4, -0.2) is 12.6 Å². The van der Waals surface area contributed by atoms with Crippen LogP contribution in [0.4, 0.5) is 0 Å². The van der Waals surface area contributed by atoms with Gasteiger partial charge in [-0.2, -0.15) is 0 Å². The predicted octanol–water partition coefficient (Wildman–Crippen LogP) is 1.68. The largest absolute Gasteiger partial charge is 0.463 e. The molecule has 2 heteroatoms. The molecule has 0 unspecified atom stereocenters. The highest BCUT2D eigenvalue weighted by molar-refractivity contribution is 5.82. The molecule has 0 atom stereocenters. The Labute approximate surface area is 61.2 Å². The third-order valence-corrected chi connectivity index (χ3v) is 0.822. The molecule has 0 rings (SSSR count). The van der Waals surface area contributed by atoms with E-state index in [2.05, 4.69) is 4.74 Å². The standard InChI is InChI=1S/C8H12O2/c1-3-5-6-7-8(9)10-4-2/h3,5-7H,4H2,1-2H3/b5-3+,7-6+. The van der Waals surface area contributed by atoms with Crippen molar-refractivity contribution in [1.29, 1.82) is 0 Å². The molecule has 2 nitrogen and oxygen atoms in total. The fourth-order valence-corrected chi connectivity index (χ4v) is 0.436. The van der Waals surface area contributed by atoms with Crippen LogP contribution in [0.3, 0.4) is 0 Å². The number of carbonyl (C=O) groups is 1. The van der Waals surface area contributed by atoms with Gasteiger partial charge >= 0.3 is 5.97 Å². The van der Waals surface area contributed by atoms with Crippen LogP contribution in [0.2, 0.25) is 0 Å². The summed E-state index contributed by atoms with van der Waals surface area (Å²) in [5.74, 6) is -0.291. The molecule has 0 aliphatic carbocycles. The van der Waals surface area contributed by atoms with Crippen LogP contribution in [0.15, 0.2) is 24.3 Å². The quantitative estimate of drug-likeness (QED) is 0.338. The molecule has 0 bridgehead atoms. The molecule has 0 radical (unpaired) electrons. The topological polar surface area (TPSA) is 26.3 Å². The van der Waals surface area contributed by atoms with E-state index in [0.717, 1.165) is 0 Å². The zero-order valence-corrected chi connectivity index (χ0v) is 6.33. The number of rotatable bonds is 3. The molecule has 0 aliphatic rings. The first kappa shape index (κ1) is 8.95. The number of hydrogen-bond acceptors (Lipinski definition) is 2. The third-order valence-electron chi connectivity index (χ3n) is 0.822. The summed E-state index contributed by atoms with van der Waals surface area (Å²) in [5, 5.41) is 0. The molecule has 0 aromatic heterocycles. The first-order valence-corrected chi connectivity index (χ1v) is 3.27. The van der Waals surface area contributed by atoms with Crippen molar-refractivity contribution < 1.29 is 9.53 Å². The Hall–Kier alpha value is -1.05. The molecule has 0 fully saturated rings. The van der Waals surface area contributed by atoms with Gasteiger partial charge in [-0.25, -0.2) is 4.79 Å². The molecule has 0 saturated heterocycles. The first-order chi connectivity index (χ1) is 4.81. The summed E-state index contributed by atoms with van der Waals surface area (Å²) >= 11 is 0. The summed E-state index contributed by atoms with van der Waals surface area (Å²) in [7, 11) is 0. The first-order valence-electron chi connectivity index (χ1n) is 3.27. The van der Waals surface area contributed by atoms with Crippen LogP contribution < -0.4 is 0 Å². The third kappa shape index (κ3) is 5.09. The summed E-state index contributed by atoms with van der Waals surface area (Å²) in [5.41, 5.74) is 0. The second-order valence-electron chi connectivity index (χ2n) is 1.64. The van der Waals surface area contributed by atoms with E-state index in [1.807, 2.05) is 13.0 Å². The number of carbonyl (C=O) groups excluding carboxylic acids is 1. The van der Waals surface area contributed by atoms with E-state index >= 15 is 0 Å². The van der Waals surface area contributed by atoms with Gasteiger partial charge in [0.05, 0.1) is 6.61 Å². The normalized spacial score (nSPS) is 11.0. The molecule has 0 aromatic rings. The highest BCUT2D eigenvalue weighted by Gasteiger charge is 1.89. The van der Waals surface area contributed by atoms with Crippen LogP contribution in [0.1, 0.15) is 13.8 Å². The molecule has 56 valence electrons. The number of esters is 1. The second-order valence-corrected chi connectivity index (χ2v) is 1.64. The summed E-state index contributed by atoms with van der Waals surface area (Å²) in [6, 6.07) is 0. The maximum absolute atomic E-state index is 10.6. The lowest BCUT2D eigenvalue weighted by atomic mass is 10.4. The van der Waals surface area contributed by atoms with Crippen molar-refractivity contribution in [3.8, 4) is 0 Å². The zero-order chi connectivity index (χ0) is 7.82. The average Bonchev–Trinajstić information content (AvgIpc) is 1.89. The molecule has 0 N–H and O–H groups in total. The molecule has 0 amide bonds. The van der Waals surface area contributed by atoms with Crippen LogP contribution in [0, 0.1) is 0 Å². The van der Waals surface area contributed by atoms with Crippen molar-refractivity contribution in [2.75, 3.05) is 6.61 Å². The van der Waals surface area contributed by atoms with E-state index in [0.29, 0.717) is 6.61 Å². The summed E-state index contributed by atoms with van der Waals surface area (Å²) in [4.78, 5) is 10.6. The zero-order valence-electron chi connectivity index (χ0n) is 6.33. The maximum atomic E-state index is 10.6. The van der Waals surface area contributed by atoms with Crippen molar-refractivity contribution in [2.45, 2.75) is 13.8 Å². The van der Waals surface area contributed by atoms with Gasteiger partial charge in [0.25, 0.3) is 0 Å². The second kappa shape index (κ2) is 6.08. The Bertz CT molecular complexity index is 145. The van der Waals surface area contributed by atoms with Gasteiger partial charge in [-0.05, 0) is 13.8 Å². The van der Waals surface area contributed by atoms with Crippen molar-refractivity contribution in [3.63, 3.8) is 0 Å². The van der Waals surface area contributed by atoms with Gasteiger partial charge in [-0.15, -0.1) is 0 Å². The molecule has 10 heavy (non-hydrogen) atoms. The Morgan fingerprint density at radius 3 is 2.70 bits per heavy atom. The molecule has 0 aromatic carbocycles. The Morgan fingerprint density at radius 1 is 1.50 bits per heavy atom. The van der Waals surface area contributed by atoms with Gasteiger partial charge in [-0.3, -0.25) is 0 Å². The lowest BCUT2D eigenvalue weighted by Crippen LogP contribution is -1.98.